The van der Waals surface area contributed by atoms with Crippen molar-refractivity contribution in [2.75, 3.05) is 36.9 Å². The molecule has 59 heavy (non-hydrogen) atoms. The van der Waals surface area contributed by atoms with Gasteiger partial charge in [0.25, 0.3) is 23.7 Å². The fourth-order valence-corrected chi connectivity index (χ4v) is 7.18. The second-order valence-electron chi connectivity index (χ2n) is 16.3. The summed E-state index contributed by atoms with van der Waals surface area (Å²) in [6.45, 7) is 14.8. The van der Waals surface area contributed by atoms with Gasteiger partial charge in [-0.1, -0.05) is 28.1 Å². The van der Waals surface area contributed by atoms with Crippen molar-refractivity contribution >= 4 is 84.6 Å². The summed E-state index contributed by atoms with van der Waals surface area (Å²) in [4.78, 5) is 62.8. The lowest BCUT2D eigenvalue weighted by molar-refractivity contribution is -0.656. The monoisotopic (exact) mass is 883 g/mol. The highest BCUT2D eigenvalue weighted by molar-refractivity contribution is 7.80. The number of halogens is 1. The number of hydroxylamine groups is 2. The zero-order valence-corrected chi connectivity index (χ0v) is 36.3. The number of anilines is 2. The molecule has 4 heterocycles. The van der Waals surface area contributed by atoms with Gasteiger partial charge in [-0.2, -0.15) is 13.5 Å². The SMILES string of the molecule is C[n+]1ccc2cc(OC[C@H](O/N=C(\C(=O)N[C@@H]3C(=O)N(OS(=O)(=O)O)C3(C)C)c3nc(NC(=O)OC(C)(C)C)sc3Cl)C(=O)OC(C)(C)C)ccc2c1NCC1CNC1. The van der Waals surface area contributed by atoms with Gasteiger partial charge in [-0.05, 0) is 85.0 Å². The second-order valence-corrected chi connectivity index (χ2v) is 18.9. The molecule has 2 saturated heterocycles. The van der Waals surface area contributed by atoms with E-state index in [1.807, 2.05) is 29.9 Å². The van der Waals surface area contributed by atoms with E-state index in [4.69, 9.17) is 35.2 Å². The van der Waals surface area contributed by atoms with Crippen LogP contribution in [-0.2, 0) is 50.4 Å². The molecule has 0 bridgehead atoms. The summed E-state index contributed by atoms with van der Waals surface area (Å²) in [6.07, 6.45) is -0.554. The van der Waals surface area contributed by atoms with Crippen LogP contribution < -0.4 is 30.6 Å². The van der Waals surface area contributed by atoms with Gasteiger partial charge in [-0.15, -0.1) is 4.28 Å². The van der Waals surface area contributed by atoms with Crippen molar-refractivity contribution in [1.29, 1.82) is 0 Å². The highest BCUT2D eigenvalue weighted by Crippen LogP contribution is 2.34. The van der Waals surface area contributed by atoms with Crippen molar-refractivity contribution in [3.63, 3.8) is 0 Å². The largest absolute Gasteiger partial charge is 0.489 e. The van der Waals surface area contributed by atoms with Gasteiger partial charge in [0.2, 0.25) is 0 Å². The number of rotatable bonds is 15. The van der Waals surface area contributed by atoms with E-state index >= 15 is 0 Å². The van der Waals surface area contributed by atoms with Gasteiger partial charge in [0.15, 0.2) is 10.8 Å². The van der Waals surface area contributed by atoms with Crippen LogP contribution >= 0.6 is 22.9 Å². The number of carbonyl (C=O) groups excluding carboxylic acids is 4. The molecule has 3 aromatic rings. The van der Waals surface area contributed by atoms with Crippen molar-refractivity contribution in [1.82, 2.24) is 20.7 Å². The topological polar surface area (TPSA) is 249 Å². The Bertz CT molecular complexity index is 2250. The average Bonchev–Trinajstić information content (AvgIpc) is 3.43. The van der Waals surface area contributed by atoms with E-state index in [2.05, 4.69) is 35.7 Å². The van der Waals surface area contributed by atoms with Gasteiger partial charge in [0, 0.05) is 19.0 Å². The maximum Gasteiger partial charge on any atom is 0.418 e. The van der Waals surface area contributed by atoms with Crippen LogP contribution in [0.5, 0.6) is 5.75 Å². The Labute approximate surface area is 349 Å². The number of thiazole rings is 1. The number of esters is 1. The number of pyridine rings is 1. The van der Waals surface area contributed by atoms with E-state index in [9.17, 15) is 27.6 Å². The summed E-state index contributed by atoms with van der Waals surface area (Å²) in [6, 6.07) is 5.90. The molecule has 2 atom stereocenters. The van der Waals surface area contributed by atoms with Gasteiger partial charge in [-0.3, -0.25) is 24.8 Å². The minimum atomic E-state index is -5.09. The van der Waals surface area contributed by atoms with E-state index in [0.717, 1.165) is 47.6 Å². The summed E-state index contributed by atoms with van der Waals surface area (Å²) < 4.78 is 54.9. The number of aromatic nitrogens is 2. The van der Waals surface area contributed by atoms with Gasteiger partial charge in [0.1, 0.15) is 39.6 Å². The fraction of sp³-hybridized carbons (Fsp3) is 0.528. The van der Waals surface area contributed by atoms with Crippen LogP contribution in [0.3, 0.4) is 0 Å². The number of hydrogen-bond acceptors (Lipinski definition) is 16. The first kappa shape index (κ1) is 45.2. The predicted molar refractivity (Wildman–Crippen MR) is 215 cm³/mol. The zero-order chi connectivity index (χ0) is 43.7. The van der Waals surface area contributed by atoms with Gasteiger partial charge >= 0.3 is 22.5 Å². The van der Waals surface area contributed by atoms with Gasteiger partial charge in [0.05, 0.1) is 30.7 Å². The number of amides is 3. The third-order valence-electron chi connectivity index (χ3n) is 8.63. The van der Waals surface area contributed by atoms with Crippen molar-refractivity contribution < 1.29 is 60.0 Å². The highest BCUT2D eigenvalue weighted by atomic mass is 35.5. The maximum atomic E-state index is 13.9. The molecule has 2 aliphatic heterocycles. The van der Waals surface area contributed by atoms with E-state index in [1.165, 1.54) is 13.8 Å². The lowest BCUT2D eigenvalue weighted by Crippen LogP contribution is -2.76. The number of β-lactam (4-membered cyclic amide) rings is 1. The number of nitrogens with one attached hydrogen (secondary N) is 4. The molecule has 5 rings (SSSR count). The number of fused-ring (bicyclic) bond motifs is 1. The third kappa shape index (κ3) is 11.7. The van der Waals surface area contributed by atoms with Crippen LogP contribution in [0, 0.1) is 5.92 Å². The quantitative estimate of drug-likeness (QED) is 0.0368. The van der Waals surface area contributed by atoms with Crippen LogP contribution in [0.4, 0.5) is 15.7 Å². The second kappa shape index (κ2) is 17.4. The molecule has 5 N–H and O–H groups in total. The van der Waals surface area contributed by atoms with Crippen molar-refractivity contribution in [3.8, 4) is 5.75 Å². The minimum Gasteiger partial charge on any atom is -0.489 e. The predicted octanol–water partition coefficient (Wildman–Crippen LogP) is 3.10. The Kier molecular flexibility index (Phi) is 13.3. The standard InChI is InChI=1S/C36H47ClN8O12S2/c1-34(2,3)54-31(48)23(18-53-21-10-11-22-20(14-21)12-13-44(9)28(22)39-17-19-15-38-16-19)56-43-25(24-27(37)58-32(40-24)42-33(49)55-35(4,5)6)29(46)41-26-30(47)45(36(26,7)8)57-59(50,51)52/h10-14,19,23,26,38H,15-18H2,1-9H3,(H3,40,41,42,46,49,50,51,52)/p+1/b43-25-/t23-,26+/m0/s1. The van der Waals surface area contributed by atoms with Crippen LogP contribution in [-0.4, -0.2) is 108 Å². The Morgan fingerprint density at radius 2 is 1.81 bits per heavy atom. The molecule has 2 aromatic heterocycles. The van der Waals surface area contributed by atoms with E-state index in [0.29, 0.717) is 16.7 Å². The van der Waals surface area contributed by atoms with Crippen LogP contribution in [0.2, 0.25) is 4.34 Å². The molecular formula is C36H48ClN8O12S2+. The summed E-state index contributed by atoms with van der Waals surface area (Å²) in [5.41, 5.74) is -4.35. The van der Waals surface area contributed by atoms with Crippen molar-refractivity contribution in [2.24, 2.45) is 18.1 Å². The van der Waals surface area contributed by atoms with Crippen LogP contribution in [0.25, 0.3) is 10.8 Å². The summed E-state index contributed by atoms with van der Waals surface area (Å²) in [5.74, 6) is -1.24. The molecule has 0 saturated carbocycles. The highest BCUT2D eigenvalue weighted by Gasteiger charge is 2.58. The summed E-state index contributed by atoms with van der Waals surface area (Å²) in [7, 11) is -3.15. The third-order valence-corrected chi connectivity index (χ3v) is 10.1. The van der Waals surface area contributed by atoms with E-state index in [-0.39, 0.29) is 15.2 Å². The maximum absolute atomic E-state index is 13.9. The average molecular weight is 884 g/mol. The van der Waals surface area contributed by atoms with E-state index in [1.54, 1.807) is 53.7 Å². The lowest BCUT2D eigenvalue weighted by Gasteiger charge is -2.50. The van der Waals surface area contributed by atoms with Crippen LogP contribution in [0.15, 0.2) is 35.6 Å². The van der Waals surface area contributed by atoms with Gasteiger partial charge in [-0.25, -0.2) is 19.1 Å². The molecule has 0 unspecified atom stereocenters. The lowest BCUT2D eigenvalue weighted by atomic mass is 9.84. The molecule has 0 radical (unpaired) electrons. The van der Waals surface area contributed by atoms with Crippen molar-refractivity contribution in [3.05, 3.63) is 40.5 Å². The fourth-order valence-electron chi connectivity index (χ4n) is 5.70. The Hall–Kier alpha value is -4.87. The smallest absolute Gasteiger partial charge is 0.418 e. The first-order valence-electron chi connectivity index (χ1n) is 18.3. The molecule has 23 heteroatoms. The molecule has 0 aliphatic carbocycles. The number of nitrogens with zero attached hydrogens (tertiary/aromatic N) is 4. The molecule has 2 aliphatic rings. The Morgan fingerprint density at radius 3 is 2.41 bits per heavy atom. The van der Waals surface area contributed by atoms with Crippen LogP contribution in [0.1, 0.15) is 61.1 Å². The molecule has 2 fully saturated rings. The number of carbonyl (C=O) groups is 4. The molecule has 0 spiro atoms. The first-order valence-corrected chi connectivity index (χ1v) is 20.8. The molecule has 322 valence electrons. The number of ether oxygens (including phenoxy) is 3. The number of benzene rings is 1. The number of hydrogen-bond donors (Lipinski definition) is 5. The number of aryl methyl sites for hydroxylation is 1. The zero-order valence-electron chi connectivity index (χ0n) is 33.9. The summed E-state index contributed by atoms with van der Waals surface area (Å²) in [5, 5.41) is 17.7. The minimum absolute atomic E-state index is 0.108. The Morgan fingerprint density at radius 1 is 1.14 bits per heavy atom. The van der Waals surface area contributed by atoms with Gasteiger partial charge < -0.3 is 29.7 Å². The molecule has 1 aromatic carbocycles. The number of oxime groups is 1. The van der Waals surface area contributed by atoms with E-state index < -0.39 is 75.5 Å². The first-order chi connectivity index (χ1) is 27.3. The molecule has 3 amide bonds. The molecule has 20 nitrogen and oxygen atoms in total. The molecular weight excluding hydrogens is 836 g/mol. The Balaban J connectivity index is 1.44. The van der Waals surface area contributed by atoms with Crippen molar-refractivity contribution in [2.45, 2.75) is 84.3 Å². The summed E-state index contributed by atoms with van der Waals surface area (Å²) >= 11 is 7.26. The normalized spacial score (nSPS) is 17.7.